The van der Waals surface area contributed by atoms with Gasteiger partial charge in [-0.25, -0.2) is 19.2 Å². The molecule has 0 aromatic carbocycles. The topological polar surface area (TPSA) is 219 Å². The molecule has 0 saturated heterocycles. The van der Waals surface area contributed by atoms with Crippen LogP contribution in [0.25, 0.3) is 0 Å². The molecule has 0 radical (unpaired) electrons. The van der Waals surface area contributed by atoms with Crippen LogP contribution < -0.4 is 0 Å². The van der Waals surface area contributed by atoms with Crippen molar-refractivity contribution in [3.05, 3.63) is 50.6 Å². The van der Waals surface area contributed by atoms with Crippen LogP contribution in [-0.2, 0) is 23.9 Å². The van der Waals surface area contributed by atoms with Gasteiger partial charge in [-0.05, 0) is 13.8 Å². The molecule has 0 rings (SSSR count). The third-order valence-corrected chi connectivity index (χ3v) is 2.92. The molecule has 0 aliphatic carbocycles. The molecule has 0 fully saturated rings. The highest BCUT2D eigenvalue weighted by Gasteiger charge is 2.35. The van der Waals surface area contributed by atoms with Crippen LogP contribution in [-0.4, -0.2) is 92.2 Å². The van der Waals surface area contributed by atoms with E-state index in [0.29, 0.717) is 6.61 Å². The zero-order valence-corrected chi connectivity index (χ0v) is 18.2. The Hall–Kier alpha value is -3.32. The molecule has 0 aliphatic heterocycles. The van der Waals surface area contributed by atoms with Crippen molar-refractivity contribution in [3.63, 3.8) is 0 Å². The van der Waals surface area contributed by atoms with Crippen molar-refractivity contribution in [1.29, 1.82) is 0 Å². The molecule has 186 valence electrons. The van der Waals surface area contributed by atoms with E-state index in [1.165, 1.54) is 0 Å². The molecule has 0 aromatic rings. The average Bonchev–Trinajstić information content (AvgIpc) is 2.77. The summed E-state index contributed by atoms with van der Waals surface area (Å²) < 4.78 is 5.20. The van der Waals surface area contributed by atoms with E-state index in [1.807, 2.05) is 6.92 Å². The molecule has 12 heteroatoms. The largest absolute Gasteiger partial charge is 0.478 e. The number of aliphatic hydroxyl groups is 3. The van der Waals surface area contributed by atoms with E-state index in [-0.39, 0.29) is 25.9 Å². The number of ether oxygens (including phenoxy) is 1. The van der Waals surface area contributed by atoms with Crippen molar-refractivity contribution >= 4 is 23.9 Å². The first-order chi connectivity index (χ1) is 14.7. The van der Waals surface area contributed by atoms with Crippen LogP contribution in [0.5, 0.6) is 0 Å². The quantitative estimate of drug-likeness (QED) is 0.218. The van der Waals surface area contributed by atoms with Gasteiger partial charge in [0, 0.05) is 30.9 Å². The standard InChI is InChI=1S/C8H18O4.4C3H4O2/c1-3-12-7(2)8(4-9,5-10)6-11;4*1-2-3(4)5/h7,9-11H,3-6H2,1-2H3;4*2H,1H2,(H,4,5). The SMILES string of the molecule is C=CC(=O)O.C=CC(=O)O.C=CC(=O)O.C=CC(=O)O.CCOC(C)C(CO)(CO)CO. The third kappa shape index (κ3) is 34.2. The fraction of sp³-hybridized carbons (Fsp3) is 0.400. The molecule has 0 bridgehead atoms. The Labute approximate surface area is 186 Å². The second-order valence-corrected chi connectivity index (χ2v) is 5.10. The van der Waals surface area contributed by atoms with E-state index in [4.69, 9.17) is 40.5 Å². The van der Waals surface area contributed by atoms with Gasteiger partial charge in [-0.15, -0.1) is 0 Å². The molecule has 12 nitrogen and oxygen atoms in total. The lowest BCUT2D eigenvalue weighted by atomic mass is 9.85. The van der Waals surface area contributed by atoms with Crippen LogP contribution >= 0.6 is 0 Å². The van der Waals surface area contributed by atoms with Crippen LogP contribution in [0, 0.1) is 5.41 Å². The van der Waals surface area contributed by atoms with Crippen molar-refractivity contribution in [1.82, 2.24) is 0 Å². The second kappa shape index (κ2) is 27.7. The summed E-state index contributed by atoms with van der Waals surface area (Å²) in [6.45, 7) is 15.1. The van der Waals surface area contributed by atoms with Crippen LogP contribution in [0.15, 0.2) is 50.6 Å². The molecule has 0 heterocycles. The number of aliphatic hydroxyl groups excluding tert-OH is 3. The van der Waals surface area contributed by atoms with Gasteiger partial charge in [0.25, 0.3) is 0 Å². The highest BCUT2D eigenvalue weighted by atomic mass is 16.5. The van der Waals surface area contributed by atoms with Gasteiger partial charge >= 0.3 is 23.9 Å². The second-order valence-electron chi connectivity index (χ2n) is 5.10. The molecule has 0 saturated carbocycles. The van der Waals surface area contributed by atoms with Crippen molar-refractivity contribution < 1.29 is 59.7 Å². The van der Waals surface area contributed by atoms with Gasteiger partial charge in [0.05, 0.1) is 31.3 Å². The van der Waals surface area contributed by atoms with E-state index in [1.54, 1.807) is 6.92 Å². The summed E-state index contributed by atoms with van der Waals surface area (Å²) in [5, 5.41) is 57.3. The maximum Gasteiger partial charge on any atom is 0.327 e. The highest BCUT2D eigenvalue weighted by molar-refractivity contribution is 5.79. The van der Waals surface area contributed by atoms with E-state index < -0.39 is 29.3 Å². The van der Waals surface area contributed by atoms with Crippen LogP contribution in [0.3, 0.4) is 0 Å². The van der Waals surface area contributed by atoms with Gasteiger partial charge in [-0.3, -0.25) is 0 Å². The third-order valence-electron chi connectivity index (χ3n) is 2.92. The molecule has 0 amide bonds. The normalized spacial score (nSPS) is 9.53. The van der Waals surface area contributed by atoms with E-state index >= 15 is 0 Å². The maximum absolute atomic E-state index is 9.25. The van der Waals surface area contributed by atoms with Gasteiger partial charge in [-0.2, -0.15) is 0 Å². The molecule has 0 aliphatic rings. The first-order valence-corrected chi connectivity index (χ1v) is 8.61. The zero-order valence-electron chi connectivity index (χ0n) is 18.2. The average molecular weight is 466 g/mol. The molecule has 0 spiro atoms. The predicted molar refractivity (Wildman–Crippen MR) is 116 cm³/mol. The Morgan fingerprint density at radius 3 is 1.00 bits per heavy atom. The minimum absolute atomic E-state index is 0.277. The summed E-state index contributed by atoms with van der Waals surface area (Å²) in [4.78, 5) is 37.0. The number of hydrogen-bond acceptors (Lipinski definition) is 8. The fourth-order valence-corrected chi connectivity index (χ4v) is 0.962. The monoisotopic (exact) mass is 466 g/mol. The smallest absolute Gasteiger partial charge is 0.327 e. The van der Waals surface area contributed by atoms with Crippen LogP contribution in [0.2, 0.25) is 0 Å². The lowest BCUT2D eigenvalue weighted by Crippen LogP contribution is -2.45. The van der Waals surface area contributed by atoms with Gasteiger partial charge in [0.1, 0.15) is 0 Å². The van der Waals surface area contributed by atoms with Crippen LogP contribution in [0.4, 0.5) is 0 Å². The lowest BCUT2D eigenvalue weighted by molar-refractivity contribution is -0.132. The zero-order chi connectivity index (χ0) is 26.8. The Morgan fingerprint density at radius 1 is 0.719 bits per heavy atom. The molecule has 0 aromatic heterocycles. The summed E-state index contributed by atoms with van der Waals surface area (Å²) >= 11 is 0. The molecule has 1 atom stereocenters. The Kier molecular flexibility index (Phi) is 33.9. The number of hydrogen-bond donors (Lipinski definition) is 7. The summed E-state index contributed by atoms with van der Waals surface area (Å²) in [7, 11) is 0. The number of aliphatic carboxylic acids is 4. The van der Waals surface area contributed by atoms with Crippen molar-refractivity contribution in [2.45, 2.75) is 20.0 Å². The number of carboxylic acids is 4. The van der Waals surface area contributed by atoms with Gasteiger partial charge < -0.3 is 40.5 Å². The van der Waals surface area contributed by atoms with Crippen molar-refractivity contribution in [2.75, 3.05) is 26.4 Å². The molecule has 1 unspecified atom stereocenters. The Balaban J connectivity index is -0.000000103. The molecule has 32 heavy (non-hydrogen) atoms. The summed E-state index contributed by atoms with van der Waals surface area (Å²) in [6, 6.07) is 0. The molecular formula is C20H34O12. The Morgan fingerprint density at radius 2 is 0.906 bits per heavy atom. The van der Waals surface area contributed by atoms with E-state index in [0.717, 1.165) is 24.3 Å². The van der Waals surface area contributed by atoms with Crippen molar-refractivity contribution in [2.24, 2.45) is 5.41 Å². The summed E-state index contributed by atoms with van der Waals surface area (Å²) in [5.41, 5.74) is -0.921. The predicted octanol–water partition coefficient (Wildman–Crippen LogP) is 0.403. The minimum atomic E-state index is -0.981. The number of carboxylic acid groups (broad SMARTS) is 4. The van der Waals surface area contributed by atoms with Crippen molar-refractivity contribution in [3.8, 4) is 0 Å². The van der Waals surface area contributed by atoms with E-state index in [2.05, 4.69) is 26.3 Å². The van der Waals surface area contributed by atoms with Gasteiger partial charge in [-0.1, -0.05) is 26.3 Å². The fourth-order valence-electron chi connectivity index (χ4n) is 0.962. The summed E-state index contributed by atoms with van der Waals surface area (Å²) in [6.07, 6.45) is 2.99. The van der Waals surface area contributed by atoms with E-state index in [9.17, 15) is 19.2 Å². The van der Waals surface area contributed by atoms with Crippen LogP contribution in [0.1, 0.15) is 13.8 Å². The molecule has 7 N–H and O–H groups in total. The lowest BCUT2D eigenvalue weighted by Gasteiger charge is -2.33. The first-order valence-electron chi connectivity index (χ1n) is 8.61. The highest BCUT2D eigenvalue weighted by Crippen LogP contribution is 2.22. The maximum atomic E-state index is 9.25. The number of carbonyl (C=O) groups is 4. The number of rotatable bonds is 10. The first kappa shape index (κ1) is 39.2. The summed E-state index contributed by atoms with van der Waals surface area (Å²) in [5.74, 6) is -3.93. The minimum Gasteiger partial charge on any atom is -0.478 e. The Bertz CT molecular complexity index is 485. The van der Waals surface area contributed by atoms with Gasteiger partial charge in [0.2, 0.25) is 0 Å². The molecular weight excluding hydrogens is 432 g/mol. The van der Waals surface area contributed by atoms with Gasteiger partial charge in [0.15, 0.2) is 0 Å².